The van der Waals surface area contributed by atoms with Gasteiger partial charge in [-0.1, -0.05) is 0 Å². The van der Waals surface area contributed by atoms with Crippen LogP contribution in [0.1, 0.15) is 0 Å². The lowest BCUT2D eigenvalue weighted by Gasteiger charge is -2.08. The zero-order valence-electron chi connectivity index (χ0n) is 4.11. The van der Waals surface area contributed by atoms with Crippen LogP contribution in [0, 0.1) is 0 Å². The predicted molar refractivity (Wildman–Crippen MR) is 27.0 cm³/mol. The van der Waals surface area contributed by atoms with Gasteiger partial charge >= 0.3 is 0 Å². The van der Waals surface area contributed by atoms with Crippen molar-refractivity contribution in [1.82, 2.24) is 0 Å². The van der Waals surface area contributed by atoms with E-state index in [0.717, 1.165) is 0 Å². The molecule has 0 saturated carbocycles. The van der Waals surface area contributed by atoms with Crippen LogP contribution in [0.25, 0.3) is 0 Å². The average Bonchev–Trinajstić information content (AvgIpc) is 1.64. The Kier molecular flexibility index (Phi) is 2.67. The van der Waals surface area contributed by atoms with Crippen molar-refractivity contribution in [2.45, 2.75) is 12.3 Å². The molecule has 2 radical (unpaired) electrons. The van der Waals surface area contributed by atoms with Gasteiger partial charge < -0.3 is 20.7 Å². The SMILES string of the molecule is [B]C(=O)C(O)C(N)O. The number of aliphatic hydroxyl groups excluding tert-OH is 2. The largest absolute Gasteiger partial charge is 0.382 e. The van der Waals surface area contributed by atoms with E-state index >= 15 is 0 Å². The number of aliphatic hydroxyl groups is 2. The monoisotopic (exact) mass is 115 g/mol. The van der Waals surface area contributed by atoms with Gasteiger partial charge in [-0.2, -0.15) is 0 Å². The van der Waals surface area contributed by atoms with Crippen molar-refractivity contribution < 1.29 is 15.0 Å². The fourth-order valence-electron chi connectivity index (χ4n) is 0.168. The van der Waals surface area contributed by atoms with Gasteiger partial charge in [0.25, 0.3) is 0 Å². The van der Waals surface area contributed by atoms with Crippen molar-refractivity contribution >= 4 is 13.5 Å². The summed E-state index contributed by atoms with van der Waals surface area (Å²) < 4.78 is 0. The third-order valence-electron chi connectivity index (χ3n) is 0.615. The molecule has 4 nitrogen and oxygen atoms in total. The highest BCUT2D eigenvalue weighted by Gasteiger charge is 2.14. The van der Waals surface area contributed by atoms with Gasteiger partial charge in [0.05, 0.1) is 0 Å². The van der Waals surface area contributed by atoms with E-state index in [0.29, 0.717) is 0 Å². The fourth-order valence-corrected chi connectivity index (χ4v) is 0.168. The number of hydrogen-bond donors (Lipinski definition) is 3. The lowest BCUT2D eigenvalue weighted by molar-refractivity contribution is -0.124. The third kappa shape index (κ3) is 2.06. The molecule has 0 aliphatic carbocycles. The molecule has 0 aromatic rings. The average molecular weight is 115 g/mol. The Balaban J connectivity index is 3.64. The molecule has 4 N–H and O–H groups in total. The molecule has 0 aromatic heterocycles. The number of hydrogen-bond acceptors (Lipinski definition) is 4. The Morgan fingerprint density at radius 1 is 1.62 bits per heavy atom. The van der Waals surface area contributed by atoms with E-state index in [1.807, 2.05) is 0 Å². The number of carbonyl (C=O) groups excluding carboxylic acids is 1. The van der Waals surface area contributed by atoms with Gasteiger partial charge in [-0.3, -0.25) is 0 Å². The summed E-state index contributed by atoms with van der Waals surface area (Å²) in [5, 5.41) is 16.6. The van der Waals surface area contributed by atoms with E-state index < -0.39 is 18.0 Å². The van der Waals surface area contributed by atoms with Crippen LogP contribution in [0.3, 0.4) is 0 Å². The normalized spacial score (nSPS) is 17.4. The number of nitrogens with two attached hydrogens (primary N) is 1. The highest BCUT2D eigenvalue weighted by molar-refractivity contribution is 6.58. The maximum Gasteiger partial charge on any atom is 0.171 e. The third-order valence-corrected chi connectivity index (χ3v) is 0.615. The Morgan fingerprint density at radius 3 is 2.00 bits per heavy atom. The predicted octanol–water partition coefficient (Wildman–Crippen LogP) is -2.68. The summed E-state index contributed by atoms with van der Waals surface area (Å²) in [7, 11) is 4.51. The Morgan fingerprint density at radius 2 is 2.00 bits per heavy atom. The lowest BCUT2D eigenvalue weighted by Crippen LogP contribution is -2.40. The summed E-state index contributed by atoms with van der Waals surface area (Å²) in [6, 6.07) is 0. The van der Waals surface area contributed by atoms with E-state index in [1.54, 1.807) is 0 Å². The summed E-state index contributed by atoms with van der Waals surface area (Å²) in [4.78, 5) is 9.87. The van der Waals surface area contributed by atoms with Gasteiger partial charge in [0.1, 0.15) is 18.0 Å². The van der Waals surface area contributed by atoms with Crippen molar-refractivity contribution in [2.75, 3.05) is 0 Å². The van der Waals surface area contributed by atoms with Crippen molar-refractivity contribution in [3.8, 4) is 0 Å². The standard InChI is InChI=1S/C3H6BNO3/c4-2(7)1(6)3(5)8/h1,3,6,8H,5H2. The van der Waals surface area contributed by atoms with Crippen LogP contribution in [0.15, 0.2) is 0 Å². The van der Waals surface area contributed by atoms with Gasteiger partial charge in [-0.15, -0.1) is 0 Å². The van der Waals surface area contributed by atoms with Crippen LogP contribution < -0.4 is 5.73 Å². The first-order valence-electron chi connectivity index (χ1n) is 1.96. The summed E-state index contributed by atoms with van der Waals surface area (Å²) in [5.41, 5.74) is 3.61. The molecule has 0 aliphatic heterocycles. The first-order chi connectivity index (χ1) is 3.55. The summed E-state index contributed by atoms with van der Waals surface area (Å²) >= 11 is 0. The van der Waals surface area contributed by atoms with Gasteiger partial charge in [0.15, 0.2) is 7.85 Å². The molecule has 0 rings (SSSR count). The highest BCUT2D eigenvalue weighted by atomic mass is 16.3. The fraction of sp³-hybridized carbons (Fsp3) is 0.667. The second-order valence-corrected chi connectivity index (χ2v) is 1.34. The molecule has 2 atom stereocenters. The van der Waals surface area contributed by atoms with Gasteiger partial charge in [0.2, 0.25) is 0 Å². The molecule has 44 valence electrons. The minimum atomic E-state index is -1.66. The molecular weight excluding hydrogens is 109 g/mol. The summed E-state index contributed by atoms with van der Waals surface area (Å²) in [6.45, 7) is 0. The maximum atomic E-state index is 9.87. The molecule has 0 aliphatic rings. The molecule has 0 bridgehead atoms. The molecule has 0 fully saturated rings. The molecular formula is C3H6BNO3. The van der Waals surface area contributed by atoms with E-state index in [1.165, 1.54) is 0 Å². The molecule has 0 amide bonds. The zero-order chi connectivity index (χ0) is 6.73. The summed E-state index contributed by atoms with van der Waals surface area (Å²) in [6.07, 6.45) is -3.23. The van der Waals surface area contributed by atoms with Gasteiger partial charge in [0, 0.05) is 0 Å². The van der Waals surface area contributed by atoms with Gasteiger partial charge in [-0.05, 0) is 0 Å². The Labute approximate surface area is 47.7 Å². The van der Waals surface area contributed by atoms with E-state index in [-0.39, 0.29) is 0 Å². The minimum Gasteiger partial charge on any atom is -0.382 e. The molecule has 2 unspecified atom stereocenters. The molecule has 0 heterocycles. The first-order valence-corrected chi connectivity index (χ1v) is 1.96. The van der Waals surface area contributed by atoms with Crippen LogP contribution >= 0.6 is 0 Å². The molecule has 0 spiro atoms. The number of rotatable bonds is 2. The van der Waals surface area contributed by atoms with Crippen molar-refractivity contribution in [1.29, 1.82) is 0 Å². The van der Waals surface area contributed by atoms with Crippen LogP contribution in [0.2, 0.25) is 0 Å². The second-order valence-electron chi connectivity index (χ2n) is 1.34. The van der Waals surface area contributed by atoms with Gasteiger partial charge in [-0.25, -0.2) is 0 Å². The van der Waals surface area contributed by atoms with Crippen molar-refractivity contribution in [3.05, 3.63) is 0 Å². The zero-order valence-corrected chi connectivity index (χ0v) is 4.11. The first kappa shape index (κ1) is 7.61. The number of carbonyl (C=O) groups is 1. The lowest BCUT2D eigenvalue weighted by atomic mass is 9.96. The maximum absolute atomic E-state index is 9.87. The van der Waals surface area contributed by atoms with Crippen LogP contribution in [-0.2, 0) is 4.79 Å². The smallest absolute Gasteiger partial charge is 0.171 e. The quantitative estimate of drug-likeness (QED) is 0.270. The van der Waals surface area contributed by atoms with Crippen molar-refractivity contribution in [3.63, 3.8) is 0 Å². The second kappa shape index (κ2) is 2.81. The molecule has 5 heteroatoms. The molecule has 8 heavy (non-hydrogen) atoms. The summed E-state index contributed by atoms with van der Waals surface area (Å²) in [5.74, 6) is 0. The molecule has 0 aromatic carbocycles. The Bertz CT molecular complexity index is 94.5. The molecule has 0 saturated heterocycles. The van der Waals surface area contributed by atoms with E-state index in [2.05, 4.69) is 13.6 Å². The van der Waals surface area contributed by atoms with Crippen LogP contribution in [0.4, 0.5) is 0 Å². The van der Waals surface area contributed by atoms with E-state index in [9.17, 15) is 4.79 Å². The van der Waals surface area contributed by atoms with Crippen LogP contribution in [-0.4, -0.2) is 36.1 Å². The van der Waals surface area contributed by atoms with Crippen molar-refractivity contribution in [2.24, 2.45) is 5.73 Å². The van der Waals surface area contributed by atoms with E-state index in [4.69, 9.17) is 10.2 Å². The minimum absolute atomic E-state index is 1.03. The Hall–Kier alpha value is -0.385. The topological polar surface area (TPSA) is 83.5 Å². The highest BCUT2D eigenvalue weighted by Crippen LogP contribution is 1.82. The van der Waals surface area contributed by atoms with Crippen LogP contribution in [0.5, 0.6) is 0 Å².